The minimum absolute atomic E-state index is 0.0357. The maximum atomic E-state index is 12.8. The standard InChI is InChI=1S/C26H26N4O3/c31-25(20-6-2-1-3-7-20)29-16-14-28(15-17-29)22-18-30(19-22)26(32)21-9-11-23(12-10-21)33-24-8-4-5-13-27-24/h1-13,22H,14-19H2. The molecule has 0 bridgehead atoms. The van der Waals surface area contributed by atoms with E-state index in [1.807, 2.05) is 52.3 Å². The molecule has 33 heavy (non-hydrogen) atoms. The number of amides is 2. The Kier molecular flexibility index (Phi) is 6.04. The van der Waals surface area contributed by atoms with E-state index in [9.17, 15) is 9.59 Å². The van der Waals surface area contributed by atoms with Crippen LogP contribution in [0.1, 0.15) is 20.7 Å². The van der Waals surface area contributed by atoms with Crippen LogP contribution in [-0.2, 0) is 0 Å². The number of pyridine rings is 1. The Balaban J connectivity index is 1.09. The lowest BCUT2D eigenvalue weighted by atomic mass is 10.0. The predicted octanol–water partition coefficient (Wildman–Crippen LogP) is 3.16. The van der Waals surface area contributed by atoms with E-state index in [1.165, 1.54) is 0 Å². The molecule has 0 saturated carbocycles. The number of likely N-dealkylation sites (tertiary alicyclic amines) is 1. The summed E-state index contributed by atoms with van der Waals surface area (Å²) in [5.74, 6) is 1.30. The van der Waals surface area contributed by atoms with Crippen molar-refractivity contribution >= 4 is 11.8 Å². The van der Waals surface area contributed by atoms with Gasteiger partial charge in [0.1, 0.15) is 5.75 Å². The number of carbonyl (C=O) groups excluding carboxylic acids is 2. The van der Waals surface area contributed by atoms with Gasteiger partial charge in [-0.25, -0.2) is 4.98 Å². The molecule has 3 aromatic rings. The lowest BCUT2D eigenvalue weighted by molar-refractivity contribution is 0.00854. The monoisotopic (exact) mass is 442 g/mol. The first kappa shape index (κ1) is 21.2. The average molecular weight is 443 g/mol. The van der Waals surface area contributed by atoms with Crippen molar-refractivity contribution in [3.05, 3.63) is 90.1 Å². The molecule has 5 rings (SSSR count). The number of carbonyl (C=O) groups is 2. The molecule has 7 heteroatoms. The summed E-state index contributed by atoms with van der Waals surface area (Å²) < 4.78 is 5.69. The molecule has 2 aromatic carbocycles. The molecular weight excluding hydrogens is 416 g/mol. The van der Waals surface area contributed by atoms with Gasteiger partial charge in [-0.1, -0.05) is 24.3 Å². The van der Waals surface area contributed by atoms with Crippen molar-refractivity contribution in [2.75, 3.05) is 39.3 Å². The summed E-state index contributed by atoms with van der Waals surface area (Å²) in [4.78, 5) is 35.8. The largest absolute Gasteiger partial charge is 0.439 e. The molecule has 2 amide bonds. The van der Waals surface area contributed by atoms with E-state index in [1.54, 1.807) is 36.5 Å². The van der Waals surface area contributed by atoms with Gasteiger partial charge in [0, 0.05) is 68.7 Å². The SMILES string of the molecule is O=C(c1ccccc1)N1CCN(C2CN(C(=O)c3ccc(Oc4ccccn4)cc3)C2)CC1. The summed E-state index contributed by atoms with van der Waals surface area (Å²) >= 11 is 0. The highest BCUT2D eigenvalue weighted by Crippen LogP contribution is 2.23. The van der Waals surface area contributed by atoms with Crippen molar-refractivity contribution in [3.63, 3.8) is 0 Å². The molecule has 0 aliphatic carbocycles. The van der Waals surface area contributed by atoms with Gasteiger partial charge in [-0.2, -0.15) is 0 Å². The van der Waals surface area contributed by atoms with E-state index in [-0.39, 0.29) is 11.8 Å². The van der Waals surface area contributed by atoms with Gasteiger partial charge in [0.05, 0.1) is 0 Å². The smallest absolute Gasteiger partial charge is 0.253 e. The molecule has 2 saturated heterocycles. The van der Waals surface area contributed by atoms with Crippen molar-refractivity contribution in [3.8, 4) is 11.6 Å². The first-order chi connectivity index (χ1) is 16.2. The Hall–Kier alpha value is -3.71. The van der Waals surface area contributed by atoms with Crippen LogP contribution in [0.5, 0.6) is 11.6 Å². The maximum absolute atomic E-state index is 12.8. The van der Waals surface area contributed by atoms with Gasteiger partial charge < -0.3 is 14.5 Å². The molecule has 3 heterocycles. The number of piperazine rings is 1. The van der Waals surface area contributed by atoms with E-state index in [2.05, 4.69) is 9.88 Å². The number of hydrogen-bond donors (Lipinski definition) is 0. The van der Waals surface area contributed by atoms with Gasteiger partial charge in [0.25, 0.3) is 11.8 Å². The lowest BCUT2D eigenvalue weighted by Crippen LogP contribution is -2.64. The summed E-state index contributed by atoms with van der Waals surface area (Å²) in [7, 11) is 0. The molecular formula is C26H26N4O3. The number of ether oxygens (including phenoxy) is 1. The second-order valence-corrected chi connectivity index (χ2v) is 8.35. The third-order valence-electron chi connectivity index (χ3n) is 6.25. The van der Waals surface area contributed by atoms with Crippen LogP contribution in [0.2, 0.25) is 0 Å². The van der Waals surface area contributed by atoms with Crippen LogP contribution in [0.4, 0.5) is 0 Å². The van der Waals surface area contributed by atoms with Gasteiger partial charge in [-0.05, 0) is 42.5 Å². The number of nitrogens with zero attached hydrogens (tertiary/aromatic N) is 4. The molecule has 1 aromatic heterocycles. The normalized spacial score (nSPS) is 16.8. The van der Waals surface area contributed by atoms with E-state index < -0.39 is 0 Å². The summed E-state index contributed by atoms with van der Waals surface area (Å²) in [6, 6.07) is 22.4. The second kappa shape index (κ2) is 9.42. The molecule has 0 atom stereocenters. The van der Waals surface area contributed by atoms with Gasteiger partial charge in [0.15, 0.2) is 0 Å². The molecule has 2 aliphatic rings. The fourth-order valence-electron chi connectivity index (χ4n) is 4.28. The first-order valence-electron chi connectivity index (χ1n) is 11.2. The molecule has 168 valence electrons. The Morgan fingerprint density at radius 2 is 1.36 bits per heavy atom. The van der Waals surface area contributed by atoms with Crippen LogP contribution < -0.4 is 4.74 Å². The van der Waals surface area contributed by atoms with Crippen LogP contribution in [0, 0.1) is 0 Å². The first-order valence-corrected chi connectivity index (χ1v) is 11.2. The van der Waals surface area contributed by atoms with Crippen molar-refractivity contribution < 1.29 is 14.3 Å². The molecule has 0 N–H and O–H groups in total. The van der Waals surface area contributed by atoms with Crippen molar-refractivity contribution in [1.29, 1.82) is 0 Å². The Morgan fingerprint density at radius 3 is 2.03 bits per heavy atom. The predicted molar refractivity (Wildman–Crippen MR) is 124 cm³/mol. The molecule has 7 nitrogen and oxygen atoms in total. The van der Waals surface area contributed by atoms with Crippen LogP contribution in [0.3, 0.4) is 0 Å². The zero-order valence-electron chi connectivity index (χ0n) is 18.3. The van der Waals surface area contributed by atoms with Crippen LogP contribution in [-0.4, -0.2) is 76.8 Å². The van der Waals surface area contributed by atoms with Gasteiger partial charge in [-0.15, -0.1) is 0 Å². The highest BCUT2D eigenvalue weighted by Gasteiger charge is 2.37. The topological polar surface area (TPSA) is 66.0 Å². The summed E-state index contributed by atoms with van der Waals surface area (Å²) in [5, 5.41) is 0. The lowest BCUT2D eigenvalue weighted by Gasteiger charge is -2.48. The zero-order chi connectivity index (χ0) is 22.6. The zero-order valence-corrected chi connectivity index (χ0v) is 18.3. The summed E-state index contributed by atoms with van der Waals surface area (Å²) in [6.07, 6.45) is 1.68. The number of rotatable bonds is 5. The molecule has 2 fully saturated rings. The molecule has 0 unspecified atom stereocenters. The van der Waals surface area contributed by atoms with Gasteiger partial charge in [0.2, 0.25) is 5.88 Å². The molecule has 0 spiro atoms. The third kappa shape index (κ3) is 4.73. The Labute approximate surface area is 193 Å². The van der Waals surface area contributed by atoms with Gasteiger partial charge >= 0.3 is 0 Å². The second-order valence-electron chi connectivity index (χ2n) is 8.35. The van der Waals surface area contributed by atoms with Gasteiger partial charge in [-0.3, -0.25) is 14.5 Å². The van der Waals surface area contributed by atoms with Crippen molar-refractivity contribution in [1.82, 2.24) is 19.7 Å². The minimum Gasteiger partial charge on any atom is -0.439 e. The highest BCUT2D eigenvalue weighted by molar-refractivity contribution is 5.95. The quantitative estimate of drug-likeness (QED) is 0.607. The number of aromatic nitrogens is 1. The fraction of sp³-hybridized carbons (Fsp3) is 0.269. The highest BCUT2D eigenvalue weighted by atomic mass is 16.5. The fourth-order valence-corrected chi connectivity index (χ4v) is 4.28. The van der Waals surface area contributed by atoms with E-state index in [0.29, 0.717) is 23.2 Å². The molecule has 0 radical (unpaired) electrons. The van der Waals surface area contributed by atoms with Crippen molar-refractivity contribution in [2.45, 2.75) is 6.04 Å². The maximum Gasteiger partial charge on any atom is 0.253 e. The number of hydrogen-bond acceptors (Lipinski definition) is 5. The van der Waals surface area contributed by atoms with E-state index in [0.717, 1.165) is 44.8 Å². The summed E-state index contributed by atoms with van der Waals surface area (Å²) in [6.45, 7) is 4.55. The summed E-state index contributed by atoms with van der Waals surface area (Å²) in [5.41, 5.74) is 1.39. The van der Waals surface area contributed by atoms with E-state index >= 15 is 0 Å². The van der Waals surface area contributed by atoms with Crippen LogP contribution in [0.15, 0.2) is 79.0 Å². The van der Waals surface area contributed by atoms with Crippen LogP contribution in [0.25, 0.3) is 0 Å². The molecule has 2 aliphatic heterocycles. The van der Waals surface area contributed by atoms with Crippen LogP contribution >= 0.6 is 0 Å². The van der Waals surface area contributed by atoms with E-state index in [4.69, 9.17) is 4.74 Å². The minimum atomic E-state index is 0.0357. The Morgan fingerprint density at radius 1 is 0.727 bits per heavy atom. The number of benzene rings is 2. The third-order valence-corrected chi connectivity index (χ3v) is 6.25. The average Bonchev–Trinajstić information content (AvgIpc) is 2.85. The Bertz CT molecular complexity index is 1090. The van der Waals surface area contributed by atoms with Crippen molar-refractivity contribution in [2.24, 2.45) is 0 Å².